The van der Waals surface area contributed by atoms with E-state index >= 15 is 0 Å². The molecule has 124 valence electrons. The molecule has 0 radical (unpaired) electrons. The molecule has 5 nitrogen and oxygen atoms in total. The van der Waals surface area contributed by atoms with Gasteiger partial charge in [0.25, 0.3) is 0 Å². The standard InChI is InChI=1S/C14H27N3O2S.ClH/c1-2-6-15-7-8-16-13(18)11-20-12-14(19)17-9-4-3-5-10-17;/h15H,2-12H2,1H3,(H,16,18);1H. The minimum absolute atomic E-state index is 0. The lowest BCUT2D eigenvalue weighted by Gasteiger charge is -2.26. The summed E-state index contributed by atoms with van der Waals surface area (Å²) in [7, 11) is 0. The first-order chi connectivity index (χ1) is 9.74. The molecule has 1 rings (SSSR count). The molecule has 1 aliphatic heterocycles. The Hall–Kier alpha value is -0.460. The highest BCUT2D eigenvalue weighted by molar-refractivity contribution is 8.00. The molecule has 1 heterocycles. The number of thioether (sulfide) groups is 1. The lowest BCUT2D eigenvalue weighted by molar-refractivity contribution is -0.129. The fourth-order valence-corrected chi connectivity index (χ4v) is 2.86. The van der Waals surface area contributed by atoms with Crippen molar-refractivity contribution in [2.75, 3.05) is 44.2 Å². The van der Waals surface area contributed by atoms with Gasteiger partial charge in [0.2, 0.25) is 11.8 Å². The molecule has 2 amide bonds. The van der Waals surface area contributed by atoms with Crippen LogP contribution in [-0.2, 0) is 9.59 Å². The zero-order valence-electron chi connectivity index (χ0n) is 12.9. The molecule has 0 aromatic carbocycles. The van der Waals surface area contributed by atoms with Gasteiger partial charge in [0.15, 0.2) is 0 Å². The van der Waals surface area contributed by atoms with Crippen molar-refractivity contribution >= 4 is 36.0 Å². The third kappa shape index (κ3) is 9.98. The van der Waals surface area contributed by atoms with Crippen LogP contribution in [0.15, 0.2) is 0 Å². The molecule has 0 aromatic rings. The fourth-order valence-electron chi connectivity index (χ4n) is 2.11. The predicted molar refractivity (Wildman–Crippen MR) is 91.2 cm³/mol. The SMILES string of the molecule is CCCNCCNC(=O)CSCC(=O)N1CCCCC1.Cl. The van der Waals surface area contributed by atoms with Gasteiger partial charge in [0.05, 0.1) is 11.5 Å². The van der Waals surface area contributed by atoms with Crippen LogP contribution in [0.3, 0.4) is 0 Å². The molecule has 21 heavy (non-hydrogen) atoms. The average Bonchev–Trinajstić information content (AvgIpc) is 2.48. The Bertz CT molecular complexity index is 300. The van der Waals surface area contributed by atoms with Gasteiger partial charge in [-0.2, -0.15) is 0 Å². The van der Waals surface area contributed by atoms with E-state index in [1.807, 2.05) is 4.90 Å². The second kappa shape index (κ2) is 13.2. The fraction of sp³-hybridized carbons (Fsp3) is 0.857. The van der Waals surface area contributed by atoms with Gasteiger partial charge in [-0.05, 0) is 32.2 Å². The topological polar surface area (TPSA) is 61.4 Å². The minimum atomic E-state index is 0. The Morgan fingerprint density at radius 3 is 2.43 bits per heavy atom. The van der Waals surface area contributed by atoms with Crippen LogP contribution in [-0.4, -0.2) is 60.9 Å². The first kappa shape index (κ1) is 20.5. The van der Waals surface area contributed by atoms with E-state index in [2.05, 4.69) is 17.6 Å². The molecule has 7 heteroatoms. The maximum absolute atomic E-state index is 11.9. The molecule has 1 fully saturated rings. The van der Waals surface area contributed by atoms with Gasteiger partial charge in [-0.1, -0.05) is 6.92 Å². The Morgan fingerprint density at radius 2 is 1.76 bits per heavy atom. The maximum Gasteiger partial charge on any atom is 0.232 e. The number of amides is 2. The number of piperidine rings is 1. The molecule has 0 spiro atoms. The van der Waals surface area contributed by atoms with Crippen LogP contribution in [0, 0.1) is 0 Å². The summed E-state index contributed by atoms with van der Waals surface area (Å²) in [5, 5.41) is 6.07. The molecule has 0 saturated carbocycles. The number of nitrogens with one attached hydrogen (secondary N) is 2. The van der Waals surface area contributed by atoms with Crippen molar-refractivity contribution in [3.05, 3.63) is 0 Å². The van der Waals surface area contributed by atoms with Gasteiger partial charge in [0, 0.05) is 26.2 Å². The number of rotatable bonds is 9. The molecule has 0 unspecified atom stereocenters. The Morgan fingerprint density at radius 1 is 1.05 bits per heavy atom. The normalized spacial score (nSPS) is 14.4. The van der Waals surface area contributed by atoms with Crippen LogP contribution in [0.4, 0.5) is 0 Å². The van der Waals surface area contributed by atoms with Crippen molar-refractivity contribution in [1.29, 1.82) is 0 Å². The number of carbonyl (C=O) groups excluding carboxylic acids is 2. The summed E-state index contributed by atoms with van der Waals surface area (Å²) in [4.78, 5) is 25.3. The van der Waals surface area contributed by atoms with Gasteiger partial charge in [-0.15, -0.1) is 24.2 Å². The van der Waals surface area contributed by atoms with E-state index in [9.17, 15) is 9.59 Å². The predicted octanol–water partition coefficient (Wildman–Crippen LogP) is 1.27. The van der Waals surface area contributed by atoms with Gasteiger partial charge in [-0.3, -0.25) is 9.59 Å². The third-order valence-electron chi connectivity index (χ3n) is 3.22. The van der Waals surface area contributed by atoms with E-state index in [1.54, 1.807) is 0 Å². The van der Waals surface area contributed by atoms with Gasteiger partial charge in [0.1, 0.15) is 0 Å². The Kier molecular flexibility index (Phi) is 12.9. The summed E-state index contributed by atoms with van der Waals surface area (Å²) >= 11 is 1.41. The highest BCUT2D eigenvalue weighted by atomic mass is 35.5. The van der Waals surface area contributed by atoms with Crippen molar-refractivity contribution in [3.63, 3.8) is 0 Å². The van der Waals surface area contributed by atoms with Crippen molar-refractivity contribution < 1.29 is 9.59 Å². The molecule has 0 atom stereocenters. The minimum Gasteiger partial charge on any atom is -0.354 e. The number of carbonyl (C=O) groups is 2. The van der Waals surface area contributed by atoms with Gasteiger partial charge in [-0.25, -0.2) is 0 Å². The molecule has 2 N–H and O–H groups in total. The Balaban J connectivity index is 0.00000400. The smallest absolute Gasteiger partial charge is 0.232 e. The van der Waals surface area contributed by atoms with Crippen LogP contribution in [0.25, 0.3) is 0 Å². The van der Waals surface area contributed by atoms with Gasteiger partial charge < -0.3 is 15.5 Å². The third-order valence-corrected chi connectivity index (χ3v) is 4.14. The van der Waals surface area contributed by atoms with E-state index in [0.29, 0.717) is 18.1 Å². The molecule has 1 saturated heterocycles. The molecule has 1 aliphatic rings. The first-order valence-electron chi connectivity index (χ1n) is 7.57. The van der Waals surface area contributed by atoms with E-state index in [-0.39, 0.29) is 24.2 Å². The number of halogens is 1. The highest BCUT2D eigenvalue weighted by Gasteiger charge is 2.16. The second-order valence-corrected chi connectivity index (χ2v) is 6.02. The summed E-state index contributed by atoms with van der Waals surface area (Å²) in [6.45, 7) is 6.32. The summed E-state index contributed by atoms with van der Waals surface area (Å²) < 4.78 is 0. The van der Waals surface area contributed by atoms with E-state index in [4.69, 9.17) is 0 Å². The lowest BCUT2D eigenvalue weighted by Crippen LogP contribution is -2.37. The zero-order valence-corrected chi connectivity index (χ0v) is 14.5. The number of hydrogen-bond donors (Lipinski definition) is 2. The summed E-state index contributed by atoms with van der Waals surface area (Å²) in [6.07, 6.45) is 4.55. The second-order valence-electron chi connectivity index (χ2n) is 5.03. The average molecular weight is 338 g/mol. The molecular formula is C14H28ClN3O2S. The van der Waals surface area contributed by atoms with Crippen molar-refractivity contribution in [1.82, 2.24) is 15.5 Å². The Labute approximate surface area is 138 Å². The van der Waals surface area contributed by atoms with Crippen molar-refractivity contribution in [3.8, 4) is 0 Å². The zero-order chi connectivity index (χ0) is 14.6. The van der Waals surface area contributed by atoms with Crippen LogP contribution in [0.1, 0.15) is 32.6 Å². The quantitative estimate of drug-likeness (QED) is 0.622. The van der Waals surface area contributed by atoms with Crippen molar-refractivity contribution in [2.45, 2.75) is 32.6 Å². The number of likely N-dealkylation sites (tertiary alicyclic amines) is 1. The van der Waals surface area contributed by atoms with Gasteiger partial charge >= 0.3 is 0 Å². The number of nitrogens with zero attached hydrogens (tertiary/aromatic N) is 1. The monoisotopic (exact) mass is 337 g/mol. The summed E-state index contributed by atoms with van der Waals surface area (Å²) in [6, 6.07) is 0. The molecule has 0 bridgehead atoms. The molecule has 0 aromatic heterocycles. The van der Waals surface area contributed by atoms with Crippen LogP contribution >= 0.6 is 24.2 Å². The summed E-state index contributed by atoms with van der Waals surface area (Å²) in [5.41, 5.74) is 0. The highest BCUT2D eigenvalue weighted by Crippen LogP contribution is 2.11. The van der Waals surface area contributed by atoms with E-state index in [1.165, 1.54) is 18.2 Å². The van der Waals surface area contributed by atoms with Crippen molar-refractivity contribution in [2.24, 2.45) is 0 Å². The molecular weight excluding hydrogens is 310 g/mol. The van der Waals surface area contributed by atoms with E-state index in [0.717, 1.165) is 45.4 Å². The van der Waals surface area contributed by atoms with E-state index < -0.39 is 0 Å². The van der Waals surface area contributed by atoms with Crippen LogP contribution in [0.2, 0.25) is 0 Å². The first-order valence-corrected chi connectivity index (χ1v) is 8.72. The maximum atomic E-state index is 11.9. The molecule has 0 aliphatic carbocycles. The van der Waals surface area contributed by atoms with Crippen LogP contribution in [0.5, 0.6) is 0 Å². The van der Waals surface area contributed by atoms with Crippen LogP contribution < -0.4 is 10.6 Å². The largest absolute Gasteiger partial charge is 0.354 e. The lowest BCUT2D eigenvalue weighted by atomic mass is 10.1. The number of hydrogen-bond acceptors (Lipinski definition) is 4. The summed E-state index contributed by atoms with van der Waals surface area (Å²) in [5.74, 6) is 0.973.